The number of carbonyl (C=O) groups excluding carboxylic acids is 2. The molecule has 3 rings (SSSR count). The molecule has 156 valence electrons. The lowest BCUT2D eigenvalue weighted by Crippen LogP contribution is -2.37. The molecule has 0 bridgehead atoms. The average molecular weight is 423 g/mol. The van der Waals surface area contributed by atoms with E-state index in [1.54, 1.807) is 11.3 Å². The molecule has 0 aliphatic rings. The van der Waals surface area contributed by atoms with Crippen molar-refractivity contribution in [3.8, 4) is 10.6 Å². The summed E-state index contributed by atoms with van der Waals surface area (Å²) in [6.45, 7) is 4.48. The van der Waals surface area contributed by atoms with Gasteiger partial charge in [-0.2, -0.15) is 0 Å². The highest BCUT2D eigenvalue weighted by molar-refractivity contribution is 7.13. The molecule has 3 amide bonds. The fourth-order valence-corrected chi connectivity index (χ4v) is 4.09. The van der Waals surface area contributed by atoms with E-state index < -0.39 is 12.1 Å². The second-order valence-electron chi connectivity index (χ2n) is 7.23. The van der Waals surface area contributed by atoms with Crippen molar-refractivity contribution in [1.82, 2.24) is 15.6 Å². The van der Waals surface area contributed by atoms with Crippen molar-refractivity contribution >= 4 is 23.3 Å². The van der Waals surface area contributed by atoms with Gasteiger partial charge in [-0.15, -0.1) is 11.3 Å². The number of carbonyl (C=O) groups is 2. The summed E-state index contributed by atoms with van der Waals surface area (Å²) < 4.78 is 0. The molecule has 30 heavy (non-hydrogen) atoms. The molecule has 0 fully saturated rings. The van der Waals surface area contributed by atoms with E-state index in [0.717, 1.165) is 27.4 Å². The first kappa shape index (κ1) is 21.5. The van der Waals surface area contributed by atoms with E-state index in [4.69, 9.17) is 5.73 Å². The number of hydrogen-bond donors (Lipinski definition) is 3. The number of primary amides is 1. The molecule has 0 saturated heterocycles. The van der Waals surface area contributed by atoms with E-state index in [0.29, 0.717) is 13.0 Å². The zero-order valence-electron chi connectivity index (χ0n) is 17.1. The van der Waals surface area contributed by atoms with Crippen molar-refractivity contribution < 1.29 is 9.59 Å². The number of nitrogens with one attached hydrogen (secondary N) is 2. The number of hydrogen-bond acceptors (Lipinski definition) is 4. The summed E-state index contributed by atoms with van der Waals surface area (Å²) in [7, 11) is 0. The molecule has 4 N–H and O–H groups in total. The molecular formula is C23H26N4O2S. The summed E-state index contributed by atoms with van der Waals surface area (Å²) in [5.41, 5.74) is 10.4. The van der Waals surface area contributed by atoms with Crippen LogP contribution in [0.1, 0.15) is 34.8 Å². The smallest absolute Gasteiger partial charge is 0.312 e. The Labute approximate surface area is 180 Å². The van der Waals surface area contributed by atoms with Gasteiger partial charge in [0.1, 0.15) is 5.01 Å². The van der Waals surface area contributed by atoms with E-state index in [2.05, 4.69) is 46.8 Å². The number of rotatable bonds is 8. The van der Waals surface area contributed by atoms with Gasteiger partial charge in [-0.05, 0) is 25.0 Å². The third-order valence-electron chi connectivity index (χ3n) is 4.82. The average Bonchev–Trinajstić information content (AvgIpc) is 3.17. The molecule has 6 nitrogen and oxygen atoms in total. The topological polar surface area (TPSA) is 97.1 Å². The Balaban J connectivity index is 1.54. The first-order valence-electron chi connectivity index (χ1n) is 9.82. The second-order valence-corrected chi connectivity index (χ2v) is 8.09. The van der Waals surface area contributed by atoms with E-state index in [-0.39, 0.29) is 12.3 Å². The van der Waals surface area contributed by atoms with Crippen LogP contribution in [0, 0.1) is 13.8 Å². The van der Waals surface area contributed by atoms with Crippen LogP contribution in [0.3, 0.4) is 0 Å². The van der Waals surface area contributed by atoms with E-state index in [1.807, 2.05) is 36.6 Å². The Kier molecular flexibility index (Phi) is 7.19. The van der Waals surface area contributed by atoms with Gasteiger partial charge in [0, 0.05) is 23.9 Å². The van der Waals surface area contributed by atoms with Crippen molar-refractivity contribution in [2.75, 3.05) is 6.54 Å². The molecule has 0 spiro atoms. The number of nitrogens with two attached hydrogens (primary N) is 1. The molecule has 7 heteroatoms. The van der Waals surface area contributed by atoms with Crippen LogP contribution < -0.4 is 16.4 Å². The van der Waals surface area contributed by atoms with Crippen molar-refractivity contribution in [3.05, 3.63) is 76.3 Å². The van der Waals surface area contributed by atoms with Gasteiger partial charge in [0.15, 0.2) is 0 Å². The maximum Gasteiger partial charge on any atom is 0.312 e. The summed E-state index contributed by atoms with van der Waals surface area (Å²) in [5, 5.41) is 8.58. The van der Waals surface area contributed by atoms with Gasteiger partial charge < -0.3 is 16.4 Å². The minimum atomic E-state index is -0.651. The number of amides is 3. The highest BCUT2D eigenvalue weighted by Gasteiger charge is 2.19. The van der Waals surface area contributed by atoms with Crippen LogP contribution in [0.5, 0.6) is 0 Å². The quantitative estimate of drug-likeness (QED) is 0.514. The Morgan fingerprint density at radius 2 is 1.83 bits per heavy atom. The van der Waals surface area contributed by atoms with Crippen LogP contribution in [-0.4, -0.2) is 23.5 Å². The lowest BCUT2D eigenvalue weighted by atomic mass is 9.98. The van der Waals surface area contributed by atoms with Gasteiger partial charge in [-0.3, -0.25) is 4.79 Å². The Hall–Kier alpha value is -3.19. The maximum atomic E-state index is 12.4. The predicted octanol–water partition coefficient (Wildman–Crippen LogP) is 3.89. The predicted molar refractivity (Wildman–Crippen MR) is 120 cm³/mol. The SMILES string of the molecule is Cc1ccc(-c2nc(CCNC(=O)CC(NC(N)=O)c3ccccc3C)cs2)cc1. The minimum absolute atomic E-state index is 0.124. The van der Waals surface area contributed by atoms with Gasteiger partial charge in [0.25, 0.3) is 0 Å². The van der Waals surface area contributed by atoms with Crippen LogP contribution in [0.4, 0.5) is 4.79 Å². The second kappa shape index (κ2) is 10.0. The Morgan fingerprint density at radius 3 is 2.53 bits per heavy atom. The molecule has 1 atom stereocenters. The van der Waals surface area contributed by atoms with Crippen LogP contribution in [0.2, 0.25) is 0 Å². The van der Waals surface area contributed by atoms with Crippen molar-refractivity contribution in [3.63, 3.8) is 0 Å². The zero-order chi connectivity index (χ0) is 21.5. The number of benzene rings is 2. The standard InChI is InChI=1S/C23H26N4O2S/c1-15-7-9-17(10-8-15)22-26-18(14-30-22)11-12-25-21(28)13-20(27-23(24)29)19-6-4-3-5-16(19)2/h3-10,14,20H,11-13H2,1-2H3,(H,25,28)(H3,24,27,29). The molecule has 0 aliphatic heterocycles. The highest BCUT2D eigenvalue weighted by atomic mass is 32.1. The molecule has 0 aliphatic carbocycles. The fourth-order valence-electron chi connectivity index (χ4n) is 3.23. The molecule has 1 aromatic heterocycles. The van der Waals surface area contributed by atoms with Crippen molar-refractivity contribution in [2.24, 2.45) is 5.73 Å². The first-order valence-corrected chi connectivity index (χ1v) is 10.7. The third kappa shape index (κ3) is 5.90. The first-order chi connectivity index (χ1) is 14.4. The lowest BCUT2D eigenvalue weighted by molar-refractivity contribution is -0.121. The van der Waals surface area contributed by atoms with Crippen molar-refractivity contribution in [1.29, 1.82) is 0 Å². The van der Waals surface area contributed by atoms with Crippen LogP contribution in [0.15, 0.2) is 53.9 Å². The molecule has 1 heterocycles. The summed E-state index contributed by atoms with van der Waals surface area (Å²) in [6.07, 6.45) is 0.770. The van der Waals surface area contributed by atoms with Gasteiger partial charge in [-0.1, -0.05) is 54.1 Å². The van der Waals surface area contributed by atoms with Crippen LogP contribution in [-0.2, 0) is 11.2 Å². The third-order valence-corrected chi connectivity index (χ3v) is 5.76. The maximum absolute atomic E-state index is 12.4. The van der Waals surface area contributed by atoms with Crippen molar-refractivity contribution in [2.45, 2.75) is 32.7 Å². The monoisotopic (exact) mass is 422 g/mol. The number of aromatic nitrogens is 1. The van der Waals surface area contributed by atoms with Crippen LogP contribution >= 0.6 is 11.3 Å². The summed E-state index contributed by atoms with van der Waals surface area (Å²) in [5.74, 6) is -0.147. The van der Waals surface area contributed by atoms with E-state index in [9.17, 15) is 9.59 Å². The molecule has 2 aromatic carbocycles. The van der Waals surface area contributed by atoms with E-state index in [1.165, 1.54) is 5.56 Å². The number of nitrogens with zero attached hydrogens (tertiary/aromatic N) is 1. The minimum Gasteiger partial charge on any atom is -0.356 e. The molecule has 3 aromatic rings. The number of thiazole rings is 1. The summed E-state index contributed by atoms with van der Waals surface area (Å²) in [6, 6.07) is 14.8. The number of urea groups is 1. The fraction of sp³-hybridized carbons (Fsp3) is 0.261. The Bertz CT molecular complexity index is 1010. The highest BCUT2D eigenvalue weighted by Crippen LogP contribution is 2.24. The number of aryl methyl sites for hydroxylation is 2. The van der Waals surface area contributed by atoms with E-state index >= 15 is 0 Å². The van der Waals surface area contributed by atoms with Gasteiger partial charge >= 0.3 is 6.03 Å². The van der Waals surface area contributed by atoms with Gasteiger partial charge in [-0.25, -0.2) is 9.78 Å². The van der Waals surface area contributed by atoms with Gasteiger partial charge in [0.05, 0.1) is 18.2 Å². The normalized spacial score (nSPS) is 11.7. The molecular weight excluding hydrogens is 396 g/mol. The van der Waals surface area contributed by atoms with Crippen LogP contribution in [0.25, 0.3) is 10.6 Å². The molecule has 1 unspecified atom stereocenters. The lowest BCUT2D eigenvalue weighted by Gasteiger charge is -2.19. The Morgan fingerprint density at radius 1 is 1.10 bits per heavy atom. The summed E-state index contributed by atoms with van der Waals surface area (Å²) >= 11 is 1.60. The molecule has 0 saturated carbocycles. The molecule has 0 radical (unpaired) electrons. The zero-order valence-corrected chi connectivity index (χ0v) is 18.0. The largest absolute Gasteiger partial charge is 0.356 e. The van der Waals surface area contributed by atoms with Gasteiger partial charge in [0.2, 0.25) is 5.91 Å². The summed E-state index contributed by atoms with van der Waals surface area (Å²) in [4.78, 5) is 28.5.